The Morgan fingerprint density at radius 1 is 1.11 bits per heavy atom. The molecule has 2 saturated heterocycles. The van der Waals surface area contributed by atoms with Crippen molar-refractivity contribution in [2.24, 2.45) is 10.9 Å². The number of carbonyl (C=O) groups is 1. The molecule has 3 fully saturated rings. The van der Waals surface area contributed by atoms with Crippen LogP contribution in [0, 0.1) is 5.92 Å². The van der Waals surface area contributed by atoms with E-state index in [9.17, 15) is 13.2 Å². The molecule has 4 rings (SSSR count). The molecule has 1 aliphatic carbocycles. The molecule has 0 N–H and O–H groups in total. The van der Waals surface area contributed by atoms with Gasteiger partial charge in [0, 0.05) is 18.2 Å². The molecule has 1 aromatic carbocycles. The van der Waals surface area contributed by atoms with Crippen LogP contribution in [0.1, 0.15) is 44.1 Å². The summed E-state index contributed by atoms with van der Waals surface area (Å²) in [6.45, 7) is 0.597. The van der Waals surface area contributed by atoms with Crippen LogP contribution < -0.4 is 0 Å². The highest BCUT2D eigenvalue weighted by atomic mass is 32.2. The number of thioether (sulfide) groups is 1. The molecule has 27 heavy (non-hydrogen) atoms. The number of amides is 1. The summed E-state index contributed by atoms with van der Waals surface area (Å²) in [5, 5.41) is 0.699. The van der Waals surface area contributed by atoms with Gasteiger partial charge in [-0.05, 0) is 24.3 Å². The van der Waals surface area contributed by atoms with Gasteiger partial charge in [-0.1, -0.05) is 61.4 Å². The van der Waals surface area contributed by atoms with Crippen molar-refractivity contribution in [3.63, 3.8) is 0 Å². The van der Waals surface area contributed by atoms with Crippen molar-refractivity contribution in [2.45, 2.75) is 56.4 Å². The van der Waals surface area contributed by atoms with Gasteiger partial charge in [0.05, 0.1) is 17.5 Å². The van der Waals surface area contributed by atoms with E-state index in [0.29, 0.717) is 24.1 Å². The Bertz CT molecular complexity index is 817. The lowest BCUT2D eigenvalue weighted by molar-refractivity contribution is -0.118. The molecule has 2 unspecified atom stereocenters. The van der Waals surface area contributed by atoms with Crippen LogP contribution in [-0.2, 0) is 21.2 Å². The van der Waals surface area contributed by atoms with Gasteiger partial charge in [-0.15, -0.1) is 0 Å². The van der Waals surface area contributed by atoms with Crippen molar-refractivity contribution in [3.8, 4) is 0 Å². The summed E-state index contributed by atoms with van der Waals surface area (Å²) >= 11 is 1.48. The number of hydrogen-bond donors (Lipinski definition) is 0. The highest BCUT2D eigenvalue weighted by molar-refractivity contribution is 8.15. The molecule has 0 bridgehead atoms. The molecule has 0 spiro atoms. The monoisotopic (exact) mass is 406 g/mol. The first-order valence-corrected chi connectivity index (χ1v) is 12.5. The van der Waals surface area contributed by atoms with Gasteiger partial charge in [0.2, 0.25) is 5.91 Å². The van der Waals surface area contributed by atoms with E-state index in [1.165, 1.54) is 31.0 Å². The second-order valence-corrected chi connectivity index (χ2v) is 11.3. The Labute approximate surface area is 165 Å². The molecule has 1 saturated carbocycles. The molecule has 5 nitrogen and oxygen atoms in total. The van der Waals surface area contributed by atoms with Crippen LogP contribution in [-0.4, -0.2) is 47.2 Å². The summed E-state index contributed by atoms with van der Waals surface area (Å²) in [7, 11) is -3.01. The average Bonchev–Trinajstić information content (AvgIpc) is 3.09. The fraction of sp³-hybridized carbons (Fsp3) is 0.600. The minimum absolute atomic E-state index is 0.0139. The van der Waals surface area contributed by atoms with Crippen LogP contribution in [0.25, 0.3) is 0 Å². The van der Waals surface area contributed by atoms with Gasteiger partial charge in [0.25, 0.3) is 0 Å². The summed E-state index contributed by atoms with van der Waals surface area (Å²) in [6.07, 6.45) is 6.48. The van der Waals surface area contributed by atoms with Crippen LogP contribution in [0.4, 0.5) is 0 Å². The Balaban J connectivity index is 1.52. The minimum atomic E-state index is -3.01. The Hall–Kier alpha value is -1.34. The maximum absolute atomic E-state index is 12.6. The summed E-state index contributed by atoms with van der Waals surface area (Å²) in [5.41, 5.74) is 1.11. The topological polar surface area (TPSA) is 66.8 Å². The molecule has 2 atom stereocenters. The number of benzene rings is 1. The van der Waals surface area contributed by atoms with Crippen molar-refractivity contribution in [1.82, 2.24) is 4.90 Å². The quantitative estimate of drug-likeness (QED) is 0.768. The standard InChI is InChI=1S/C20H26N2O3S2/c23-19(11-15-7-3-1-4-8-15)21-20-22(12-16-9-5-2-6-10-16)17-13-27(24,25)14-18(17)26-20/h2,5-6,9-10,15,17-18H,1,3-4,7-8,11-14H2. The second kappa shape index (κ2) is 7.95. The van der Waals surface area contributed by atoms with Crippen molar-refractivity contribution in [3.05, 3.63) is 35.9 Å². The van der Waals surface area contributed by atoms with Crippen molar-refractivity contribution in [1.29, 1.82) is 0 Å². The maximum atomic E-state index is 12.6. The van der Waals surface area contributed by atoms with E-state index in [2.05, 4.69) is 4.99 Å². The van der Waals surface area contributed by atoms with E-state index in [-0.39, 0.29) is 28.7 Å². The van der Waals surface area contributed by atoms with Gasteiger partial charge in [-0.2, -0.15) is 4.99 Å². The third-order valence-electron chi connectivity index (χ3n) is 5.78. The largest absolute Gasteiger partial charge is 0.342 e. The molecule has 1 amide bonds. The zero-order chi connectivity index (χ0) is 18.9. The molecule has 0 radical (unpaired) electrons. The van der Waals surface area contributed by atoms with E-state index in [4.69, 9.17) is 0 Å². The highest BCUT2D eigenvalue weighted by Gasteiger charge is 2.48. The number of sulfone groups is 1. The molecule has 0 aromatic heterocycles. The lowest BCUT2D eigenvalue weighted by Crippen LogP contribution is -2.37. The van der Waals surface area contributed by atoms with Crippen LogP contribution in [0.15, 0.2) is 35.3 Å². The van der Waals surface area contributed by atoms with E-state index < -0.39 is 9.84 Å². The summed E-state index contributed by atoms with van der Waals surface area (Å²) in [4.78, 5) is 19.1. The van der Waals surface area contributed by atoms with Gasteiger partial charge in [-0.3, -0.25) is 4.79 Å². The van der Waals surface area contributed by atoms with Crippen LogP contribution in [0.2, 0.25) is 0 Å². The zero-order valence-corrected chi connectivity index (χ0v) is 17.1. The Morgan fingerprint density at radius 2 is 1.85 bits per heavy atom. The molecule has 7 heteroatoms. The lowest BCUT2D eigenvalue weighted by atomic mass is 9.87. The SMILES string of the molecule is O=C(CC1CCCCC1)N=C1SC2CS(=O)(=O)CC2N1Cc1ccccc1. The number of rotatable bonds is 4. The van der Waals surface area contributed by atoms with Gasteiger partial charge in [0.15, 0.2) is 15.0 Å². The lowest BCUT2D eigenvalue weighted by Gasteiger charge is -2.25. The fourth-order valence-electron chi connectivity index (χ4n) is 4.39. The first-order chi connectivity index (χ1) is 13.0. The smallest absolute Gasteiger partial charge is 0.248 e. The van der Waals surface area contributed by atoms with Gasteiger partial charge in [0.1, 0.15) is 0 Å². The predicted molar refractivity (Wildman–Crippen MR) is 109 cm³/mol. The van der Waals surface area contributed by atoms with Gasteiger partial charge >= 0.3 is 0 Å². The van der Waals surface area contributed by atoms with Crippen LogP contribution in [0.5, 0.6) is 0 Å². The van der Waals surface area contributed by atoms with E-state index >= 15 is 0 Å². The molecule has 2 aliphatic heterocycles. The summed E-state index contributed by atoms with van der Waals surface area (Å²) < 4.78 is 24.2. The molecule has 2 heterocycles. The third-order valence-corrected chi connectivity index (χ3v) is 9.03. The van der Waals surface area contributed by atoms with Gasteiger partial charge < -0.3 is 4.90 Å². The predicted octanol–water partition coefficient (Wildman–Crippen LogP) is 3.25. The molecular weight excluding hydrogens is 380 g/mol. The summed E-state index contributed by atoms with van der Waals surface area (Å²) in [6, 6.07) is 9.90. The van der Waals surface area contributed by atoms with E-state index in [1.54, 1.807) is 0 Å². The second-order valence-electron chi connectivity index (χ2n) is 7.91. The first-order valence-electron chi connectivity index (χ1n) is 9.79. The molecule has 1 aromatic rings. The Kier molecular flexibility index (Phi) is 5.60. The zero-order valence-electron chi connectivity index (χ0n) is 15.4. The van der Waals surface area contributed by atoms with Gasteiger partial charge in [-0.25, -0.2) is 8.42 Å². The first kappa shape index (κ1) is 19.0. The number of amidine groups is 1. The summed E-state index contributed by atoms with van der Waals surface area (Å²) in [5.74, 6) is 0.756. The van der Waals surface area contributed by atoms with E-state index in [1.807, 2.05) is 35.2 Å². The van der Waals surface area contributed by atoms with Crippen LogP contribution in [0.3, 0.4) is 0 Å². The number of carbonyl (C=O) groups excluding carboxylic acids is 1. The number of aliphatic imine (C=N–C) groups is 1. The Morgan fingerprint density at radius 3 is 2.59 bits per heavy atom. The maximum Gasteiger partial charge on any atom is 0.248 e. The molecule has 3 aliphatic rings. The van der Waals surface area contributed by atoms with E-state index in [0.717, 1.165) is 18.4 Å². The number of fused-ring (bicyclic) bond motifs is 1. The van der Waals surface area contributed by atoms with Crippen LogP contribution >= 0.6 is 11.8 Å². The van der Waals surface area contributed by atoms with Crippen molar-refractivity contribution in [2.75, 3.05) is 11.5 Å². The third kappa shape index (κ3) is 4.57. The minimum Gasteiger partial charge on any atom is -0.342 e. The molecular formula is C20H26N2O3S2. The number of hydrogen-bond acceptors (Lipinski definition) is 4. The normalized spacial score (nSPS) is 29.2. The highest BCUT2D eigenvalue weighted by Crippen LogP contribution is 2.39. The molecule has 146 valence electrons. The number of nitrogens with zero attached hydrogens (tertiary/aromatic N) is 2. The van der Waals surface area contributed by atoms with Crippen molar-refractivity contribution >= 4 is 32.7 Å². The average molecular weight is 407 g/mol. The fourth-order valence-corrected chi connectivity index (χ4v) is 8.36. The van der Waals surface area contributed by atoms with Crippen molar-refractivity contribution < 1.29 is 13.2 Å².